The summed E-state index contributed by atoms with van der Waals surface area (Å²) in [5.41, 5.74) is 2.71. The first-order chi connectivity index (χ1) is 13.9. The van der Waals surface area contributed by atoms with Gasteiger partial charge in [0, 0.05) is 33.3 Å². The predicted octanol–water partition coefficient (Wildman–Crippen LogP) is 2.76. The number of benzene rings is 2. The predicted molar refractivity (Wildman–Crippen MR) is 112 cm³/mol. The third-order valence-corrected chi connectivity index (χ3v) is 8.15. The SMILES string of the molecule is COCCN1C2(CCN(Cc3ccc(OC)c(C)c3)C2)c2ccccc2S1(=O)=O. The van der Waals surface area contributed by atoms with Gasteiger partial charge in [-0.25, -0.2) is 8.42 Å². The minimum Gasteiger partial charge on any atom is -0.496 e. The van der Waals surface area contributed by atoms with Gasteiger partial charge in [-0.3, -0.25) is 4.90 Å². The van der Waals surface area contributed by atoms with E-state index >= 15 is 0 Å². The number of methoxy groups -OCH3 is 2. The molecule has 29 heavy (non-hydrogen) atoms. The summed E-state index contributed by atoms with van der Waals surface area (Å²) < 4.78 is 38.8. The van der Waals surface area contributed by atoms with E-state index in [1.54, 1.807) is 30.7 Å². The van der Waals surface area contributed by atoms with Crippen LogP contribution in [0.25, 0.3) is 0 Å². The number of nitrogens with zero attached hydrogens (tertiary/aromatic N) is 2. The van der Waals surface area contributed by atoms with Crippen molar-refractivity contribution in [2.75, 3.05) is 40.5 Å². The molecule has 0 bridgehead atoms. The molecule has 1 atom stereocenters. The molecule has 0 aromatic heterocycles. The molecule has 0 N–H and O–H groups in total. The molecule has 2 heterocycles. The quantitative estimate of drug-likeness (QED) is 0.725. The van der Waals surface area contributed by atoms with Crippen molar-refractivity contribution in [1.29, 1.82) is 0 Å². The second-order valence-corrected chi connectivity index (χ2v) is 9.69. The molecule has 4 rings (SSSR count). The Kier molecular flexibility index (Phi) is 5.42. The van der Waals surface area contributed by atoms with Crippen molar-refractivity contribution in [3.63, 3.8) is 0 Å². The first-order valence-electron chi connectivity index (χ1n) is 9.89. The Hall–Kier alpha value is -1.93. The molecule has 156 valence electrons. The lowest BCUT2D eigenvalue weighted by Crippen LogP contribution is -2.47. The number of hydrogen-bond acceptors (Lipinski definition) is 5. The van der Waals surface area contributed by atoms with Crippen LogP contribution < -0.4 is 4.74 Å². The summed E-state index contributed by atoms with van der Waals surface area (Å²) in [5, 5.41) is 0. The highest BCUT2D eigenvalue weighted by atomic mass is 32.2. The second kappa shape index (κ2) is 7.72. The molecule has 6 nitrogen and oxygen atoms in total. The number of ether oxygens (including phenoxy) is 2. The maximum absolute atomic E-state index is 13.3. The van der Waals surface area contributed by atoms with Crippen LogP contribution in [0.5, 0.6) is 5.75 Å². The van der Waals surface area contributed by atoms with Gasteiger partial charge in [0.25, 0.3) is 0 Å². The summed E-state index contributed by atoms with van der Waals surface area (Å²) in [4.78, 5) is 2.79. The van der Waals surface area contributed by atoms with Crippen LogP contribution in [-0.4, -0.2) is 58.1 Å². The molecule has 2 aliphatic rings. The van der Waals surface area contributed by atoms with Crippen LogP contribution in [0.4, 0.5) is 0 Å². The van der Waals surface area contributed by atoms with Crippen LogP contribution >= 0.6 is 0 Å². The standard InChI is InChI=1S/C22H28N2O4S/c1-17-14-18(8-9-20(17)28-3)15-23-11-10-22(16-23)19-6-4-5-7-21(19)29(25,26)24(22)12-13-27-2/h4-9,14H,10-13,15-16H2,1-3H3. The summed E-state index contributed by atoms with van der Waals surface area (Å²) in [6, 6.07) is 13.7. The fourth-order valence-corrected chi connectivity index (χ4v) is 6.84. The minimum absolute atomic E-state index is 0.364. The van der Waals surface area contributed by atoms with Crippen LogP contribution in [0.2, 0.25) is 0 Å². The maximum Gasteiger partial charge on any atom is 0.244 e. The fraction of sp³-hybridized carbons (Fsp3) is 0.455. The van der Waals surface area contributed by atoms with Gasteiger partial charge in [0.05, 0.1) is 24.2 Å². The first kappa shape index (κ1) is 20.3. The molecule has 1 fully saturated rings. The van der Waals surface area contributed by atoms with E-state index in [-0.39, 0.29) is 0 Å². The largest absolute Gasteiger partial charge is 0.496 e. The van der Waals surface area contributed by atoms with Gasteiger partial charge in [-0.1, -0.05) is 30.3 Å². The van der Waals surface area contributed by atoms with Crippen molar-refractivity contribution in [1.82, 2.24) is 9.21 Å². The number of sulfonamides is 1. The molecule has 2 aromatic rings. The highest BCUT2D eigenvalue weighted by molar-refractivity contribution is 7.89. The zero-order valence-electron chi connectivity index (χ0n) is 17.2. The summed E-state index contributed by atoms with van der Waals surface area (Å²) in [5.74, 6) is 0.883. The highest BCUT2D eigenvalue weighted by Crippen LogP contribution is 2.49. The molecular weight excluding hydrogens is 388 g/mol. The minimum atomic E-state index is -3.51. The van der Waals surface area contributed by atoms with E-state index in [4.69, 9.17) is 9.47 Å². The van der Waals surface area contributed by atoms with E-state index in [9.17, 15) is 8.42 Å². The molecule has 1 saturated heterocycles. The van der Waals surface area contributed by atoms with E-state index in [0.717, 1.165) is 36.4 Å². The van der Waals surface area contributed by atoms with E-state index in [1.165, 1.54) is 5.56 Å². The van der Waals surface area contributed by atoms with Gasteiger partial charge in [-0.15, -0.1) is 0 Å². The molecule has 1 spiro atoms. The van der Waals surface area contributed by atoms with Gasteiger partial charge in [0.2, 0.25) is 10.0 Å². The summed E-state index contributed by atoms with van der Waals surface area (Å²) in [6.07, 6.45) is 0.780. The molecule has 2 aliphatic heterocycles. The molecular formula is C22H28N2O4S. The summed E-state index contributed by atoms with van der Waals surface area (Å²) in [7, 11) is -0.226. The monoisotopic (exact) mass is 416 g/mol. The van der Waals surface area contributed by atoms with E-state index in [2.05, 4.69) is 17.0 Å². The van der Waals surface area contributed by atoms with Crippen molar-refractivity contribution in [3.05, 3.63) is 59.2 Å². The maximum atomic E-state index is 13.3. The smallest absolute Gasteiger partial charge is 0.244 e. The zero-order valence-corrected chi connectivity index (χ0v) is 18.0. The lowest BCUT2D eigenvalue weighted by atomic mass is 9.89. The molecule has 7 heteroatoms. The van der Waals surface area contributed by atoms with Crippen molar-refractivity contribution in [3.8, 4) is 5.75 Å². The van der Waals surface area contributed by atoms with Crippen molar-refractivity contribution < 1.29 is 17.9 Å². The van der Waals surface area contributed by atoms with E-state index < -0.39 is 15.6 Å². The molecule has 0 saturated carbocycles. The van der Waals surface area contributed by atoms with Gasteiger partial charge in [-0.05, 0) is 42.2 Å². The lowest BCUT2D eigenvalue weighted by molar-refractivity contribution is 0.129. The third kappa shape index (κ3) is 3.36. The Labute approximate surface area is 173 Å². The summed E-state index contributed by atoms with van der Waals surface area (Å²) >= 11 is 0. The molecule has 0 amide bonds. The first-order valence-corrected chi connectivity index (χ1v) is 11.3. The normalized spacial score (nSPS) is 23.6. The Morgan fingerprint density at radius 1 is 1.14 bits per heavy atom. The van der Waals surface area contributed by atoms with Crippen LogP contribution in [0.3, 0.4) is 0 Å². The van der Waals surface area contributed by atoms with E-state index in [0.29, 0.717) is 24.6 Å². The Bertz CT molecular complexity index is 1010. The molecule has 2 aromatic carbocycles. The molecule has 1 unspecified atom stereocenters. The number of fused-ring (bicyclic) bond motifs is 2. The number of hydrogen-bond donors (Lipinski definition) is 0. The second-order valence-electron chi connectivity index (χ2n) is 7.86. The summed E-state index contributed by atoms with van der Waals surface area (Å²) in [6.45, 7) is 5.10. The van der Waals surface area contributed by atoms with Gasteiger partial charge in [0.15, 0.2) is 0 Å². The number of likely N-dealkylation sites (tertiary alicyclic amines) is 1. The molecule has 0 radical (unpaired) electrons. The van der Waals surface area contributed by atoms with Crippen molar-refractivity contribution in [2.45, 2.75) is 30.3 Å². The topological polar surface area (TPSA) is 59.1 Å². The average molecular weight is 417 g/mol. The Morgan fingerprint density at radius 3 is 2.66 bits per heavy atom. The number of rotatable bonds is 6. The Balaban J connectivity index is 1.64. The van der Waals surface area contributed by atoms with E-state index in [1.807, 2.05) is 25.1 Å². The van der Waals surface area contributed by atoms with Crippen LogP contribution in [-0.2, 0) is 26.8 Å². The van der Waals surface area contributed by atoms with Gasteiger partial charge >= 0.3 is 0 Å². The average Bonchev–Trinajstić information content (AvgIpc) is 3.19. The number of aryl methyl sites for hydroxylation is 1. The van der Waals surface area contributed by atoms with Crippen molar-refractivity contribution >= 4 is 10.0 Å². The van der Waals surface area contributed by atoms with Crippen LogP contribution in [0.15, 0.2) is 47.4 Å². The van der Waals surface area contributed by atoms with Crippen molar-refractivity contribution in [2.24, 2.45) is 0 Å². The van der Waals surface area contributed by atoms with Gasteiger partial charge in [-0.2, -0.15) is 4.31 Å². The lowest BCUT2D eigenvalue weighted by Gasteiger charge is -2.34. The fourth-order valence-electron chi connectivity index (χ4n) is 4.79. The molecule has 0 aliphatic carbocycles. The van der Waals surface area contributed by atoms with Gasteiger partial charge < -0.3 is 9.47 Å². The van der Waals surface area contributed by atoms with Crippen LogP contribution in [0.1, 0.15) is 23.1 Å². The zero-order chi connectivity index (χ0) is 20.6. The third-order valence-electron chi connectivity index (χ3n) is 6.12. The highest BCUT2D eigenvalue weighted by Gasteiger charge is 2.56. The Morgan fingerprint density at radius 2 is 1.93 bits per heavy atom. The van der Waals surface area contributed by atoms with Crippen LogP contribution in [0, 0.1) is 6.92 Å². The van der Waals surface area contributed by atoms with Gasteiger partial charge in [0.1, 0.15) is 5.75 Å².